The van der Waals surface area contributed by atoms with E-state index in [1.165, 1.54) is 24.0 Å². The van der Waals surface area contributed by atoms with Crippen LogP contribution in [0.5, 0.6) is 5.75 Å². The van der Waals surface area contributed by atoms with E-state index in [-0.39, 0.29) is 0 Å². The van der Waals surface area contributed by atoms with Gasteiger partial charge >= 0.3 is 0 Å². The summed E-state index contributed by atoms with van der Waals surface area (Å²) in [5.41, 5.74) is 2.72. The number of hydrogen-bond acceptors (Lipinski definition) is 3. The second-order valence-corrected chi connectivity index (χ2v) is 5.99. The van der Waals surface area contributed by atoms with Crippen LogP contribution < -0.4 is 0 Å². The lowest BCUT2D eigenvalue weighted by Gasteiger charge is -2.40. The van der Waals surface area contributed by atoms with Crippen molar-refractivity contribution in [2.24, 2.45) is 0 Å². The van der Waals surface area contributed by atoms with Gasteiger partial charge in [-0.2, -0.15) is 0 Å². The molecule has 2 rings (SSSR count). The van der Waals surface area contributed by atoms with Crippen molar-refractivity contribution in [2.45, 2.75) is 58.0 Å². The number of aryl methyl sites for hydroxylation is 1. The highest BCUT2D eigenvalue weighted by atomic mass is 16.5. The van der Waals surface area contributed by atoms with Gasteiger partial charge in [0.25, 0.3) is 0 Å². The molecule has 0 aliphatic heterocycles. The topological polar surface area (TPSA) is 32.7 Å². The molecule has 1 N–H and O–H groups in total. The van der Waals surface area contributed by atoms with Gasteiger partial charge in [-0.15, -0.1) is 0 Å². The van der Waals surface area contributed by atoms with Crippen molar-refractivity contribution in [1.82, 2.24) is 4.90 Å². The van der Waals surface area contributed by atoms with Crippen molar-refractivity contribution in [3.8, 4) is 5.75 Å². The van der Waals surface area contributed by atoms with Crippen LogP contribution in [0, 0.1) is 0 Å². The maximum atomic E-state index is 9.87. The summed E-state index contributed by atoms with van der Waals surface area (Å²) in [5, 5.41) is 9.87. The van der Waals surface area contributed by atoms with Gasteiger partial charge in [0.05, 0.1) is 6.61 Å². The van der Waals surface area contributed by atoms with Gasteiger partial charge in [0.2, 0.25) is 0 Å². The molecule has 1 unspecified atom stereocenters. The number of phenols is 1. The summed E-state index contributed by atoms with van der Waals surface area (Å²) in [6, 6.07) is 6.89. The summed E-state index contributed by atoms with van der Waals surface area (Å²) >= 11 is 0. The van der Waals surface area contributed by atoms with Crippen LogP contribution in [-0.4, -0.2) is 36.3 Å². The van der Waals surface area contributed by atoms with Gasteiger partial charge in [-0.3, -0.25) is 4.90 Å². The molecule has 21 heavy (non-hydrogen) atoms. The maximum Gasteiger partial charge on any atom is 0.115 e. The maximum absolute atomic E-state index is 9.87. The molecule has 0 saturated carbocycles. The summed E-state index contributed by atoms with van der Waals surface area (Å²) in [5.74, 6) is 0.386. The predicted octanol–water partition coefficient (Wildman–Crippen LogP) is 3.91. The van der Waals surface area contributed by atoms with Crippen molar-refractivity contribution in [3.05, 3.63) is 29.3 Å². The lowest BCUT2D eigenvalue weighted by atomic mass is 9.85. The molecule has 1 aliphatic rings. The van der Waals surface area contributed by atoms with Gasteiger partial charge in [0.15, 0.2) is 0 Å². The fourth-order valence-corrected chi connectivity index (χ4v) is 3.65. The van der Waals surface area contributed by atoms with Crippen LogP contribution in [0.4, 0.5) is 0 Å². The Morgan fingerprint density at radius 1 is 1.33 bits per heavy atom. The minimum atomic E-state index is 0.386. The van der Waals surface area contributed by atoms with E-state index in [0.717, 1.165) is 32.4 Å². The highest BCUT2D eigenvalue weighted by molar-refractivity contribution is 5.38. The van der Waals surface area contributed by atoms with E-state index in [1.807, 2.05) is 12.1 Å². The van der Waals surface area contributed by atoms with E-state index < -0.39 is 0 Å². The van der Waals surface area contributed by atoms with Gasteiger partial charge in [0.1, 0.15) is 5.75 Å². The summed E-state index contributed by atoms with van der Waals surface area (Å²) in [6.45, 7) is 6.25. The Bertz CT molecular complexity index is 443. The van der Waals surface area contributed by atoms with Crippen LogP contribution >= 0.6 is 0 Å². The van der Waals surface area contributed by atoms with Crippen LogP contribution in [-0.2, 0) is 11.2 Å². The van der Waals surface area contributed by atoms with Gasteiger partial charge in [-0.1, -0.05) is 19.9 Å². The zero-order chi connectivity index (χ0) is 15.2. The Morgan fingerprint density at radius 3 is 2.76 bits per heavy atom. The average molecular weight is 291 g/mol. The number of methoxy groups -OCH3 is 1. The molecule has 0 saturated heterocycles. The Labute approximate surface area is 128 Å². The monoisotopic (exact) mass is 291 g/mol. The number of nitrogens with zero attached hydrogens (tertiary/aromatic N) is 1. The second-order valence-electron chi connectivity index (χ2n) is 5.99. The molecule has 0 bridgehead atoms. The van der Waals surface area contributed by atoms with Crippen molar-refractivity contribution in [2.75, 3.05) is 20.3 Å². The Morgan fingerprint density at radius 2 is 2.10 bits per heavy atom. The van der Waals surface area contributed by atoms with E-state index in [0.29, 0.717) is 17.8 Å². The number of hydrogen-bond donors (Lipinski definition) is 1. The lowest BCUT2D eigenvalue weighted by molar-refractivity contribution is 0.0714. The van der Waals surface area contributed by atoms with Gasteiger partial charge in [-0.05, 0) is 55.4 Å². The van der Waals surface area contributed by atoms with Crippen LogP contribution in [0.1, 0.15) is 56.7 Å². The highest BCUT2D eigenvalue weighted by Gasteiger charge is 2.29. The molecule has 1 aromatic carbocycles. The molecular formula is C18H29NO2. The van der Waals surface area contributed by atoms with Gasteiger partial charge < -0.3 is 9.84 Å². The van der Waals surface area contributed by atoms with E-state index in [9.17, 15) is 5.11 Å². The molecule has 3 nitrogen and oxygen atoms in total. The third-order valence-corrected chi connectivity index (χ3v) is 4.78. The van der Waals surface area contributed by atoms with Crippen LogP contribution in [0.15, 0.2) is 18.2 Å². The average Bonchev–Trinajstić information content (AvgIpc) is 2.51. The van der Waals surface area contributed by atoms with Crippen molar-refractivity contribution >= 4 is 0 Å². The summed E-state index contributed by atoms with van der Waals surface area (Å²) < 4.78 is 5.32. The second kappa shape index (κ2) is 7.81. The first-order valence-corrected chi connectivity index (χ1v) is 8.27. The summed E-state index contributed by atoms with van der Waals surface area (Å²) in [4.78, 5) is 2.60. The molecule has 0 spiro atoms. The number of aromatic hydroxyl groups is 1. The molecule has 1 aliphatic carbocycles. The predicted molar refractivity (Wildman–Crippen MR) is 86.7 cm³/mol. The van der Waals surface area contributed by atoms with E-state index in [2.05, 4.69) is 24.8 Å². The molecule has 0 heterocycles. The Kier molecular flexibility index (Phi) is 6.07. The van der Waals surface area contributed by atoms with Crippen LogP contribution in [0.2, 0.25) is 0 Å². The third kappa shape index (κ3) is 3.78. The van der Waals surface area contributed by atoms with E-state index in [1.54, 1.807) is 7.11 Å². The molecule has 1 aromatic rings. The minimum Gasteiger partial charge on any atom is -0.508 e. The number of rotatable bonds is 7. The lowest BCUT2D eigenvalue weighted by Crippen LogP contribution is -2.41. The number of fused-ring (bicyclic) bond motifs is 1. The van der Waals surface area contributed by atoms with E-state index >= 15 is 0 Å². The quantitative estimate of drug-likeness (QED) is 0.827. The van der Waals surface area contributed by atoms with Crippen LogP contribution in [0.3, 0.4) is 0 Å². The van der Waals surface area contributed by atoms with Crippen molar-refractivity contribution < 1.29 is 9.84 Å². The molecule has 0 aromatic heterocycles. The molecule has 118 valence electrons. The Balaban J connectivity index is 2.30. The number of benzene rings is 1. The highest BCUT2D eigenvalue weighted by Crippen LogP contribution is 2.37. The smallest absolute Gasteiger partial charge is 0.115 e. The molecular weight excluding hydrogens is 262 g/mol. The number of phenolic OH excluding ortho intramolecular Hbond substituents is 1. The standard InChI is InChI=1S/C18H29NO2/c1-4-15(5-2)19(11-12-21-3)18-8-6-7-14-9-10-16(20)13-17(14)18/h9-10,13,15,18,20H,4-8,11-12H2,1-3H3. The van der Waals surface area contributed by atoms with Gasteiger partial charge in [-0.25, -0.2) is 0 Å². The minimum absolute atomic E-state index is 0.386. The van der Waals surface area contributed by atoms with Crippen molar-refractivity contribution in [1.29, 1.82) is 0 Å². The number of ether oxygens (including phenoxy) is 1. The largest absolute Gasteiger partial charge is 0.508 e. The zero-order valence-corrected chi connectivity index (χ0v) is 13.6. The summed E-state index contributed by atoms with van der Waals surface area (Å²) in [7, 11) is 1.77. The third-order valence-electron chi connectivity index (χ3n) is 4.78. The molecule has 0 radical (unpaired) electrons. The van der Waals surface area contributed by atoms with Crippen molar-refractivity contribution in [3.63, 3.8) is 0 Å². The fraction of sp³-hybridized carbons (Fsp3) is 0.667. The summed E-state index contributed by atoms with van der Waals surface area (Å²) in [6.07, 6.45) is 5.85. The molecule has 0 amide bonds. The van der Waals surface area contributed by atoms with Crippen LogP contribution in [0.25, 0.3) is 0 Å². The molecule has 0 fully saturated rings. The fourth-order valence-electron chi connectivity index (χ4n) is 3.65. The Hall–Kier alpha value is -1.06. The first-order valence-electron chi connectivity index (χ1n) is 8.27. The van der Waals surface area contributed by atoms with E-state index in [4.69, 9.17) is 4.74 Å². The molecule has 1 atom stereocenters. The SMILES string of the molecule is CCC(CC)N(CCOC)C1CCCc2ccc(O)cc21. The normalized spacial score (nSPS) is 18.2. The first-order chi connectivity index (χ1) is 10.2. The molecule has 3 heteroatoms. The zero-order valence-electron chi connectivity index (χ0n) is 13.6. The van der Waals surface area contributed by atoms with Gasteiger partial charge in [0, 0.05) is 25.7 Å². The first kappa shape index (κ1) is 16.3.